The van der Waals surface area contributed by atoms with E-state index < -0.39 is 17.9 Å². The molecule has 0 radical (unpaired) electrons. The lowest BCUT2D eigenvalue weighted by Crippen LogP contribution is -2.35. The van der Waals surface area contributed by atoms with Crippen molar-refractivity contribution < 1.29 is 28.9 Å². The van der Waals surface area contributed by atoms with E-state index in [9.17, 15) is 19.2 Å². The molecule has 0 aromatic carbocycles. The van der Waals surface area contributed by atoms with Gasteiger partial charge in [0.1, 0.15) is 17.5 Å². The van der Waals surface area contributed by atoms with Crippen LogP contribution in [0, 0.1) is 11.8 Å². The summed E-state index contributed by atoms with van der Waals surface area (Å²) in [5.41, 5.74) is 4.08. The number of pyridine rings is 1. The number of carbonyl (C=O) groups is 4. The van der Waals surface area contributed by atoms with E-state index in [1.165, 1.54) is 18.2 Å². The Kier molecular flexibility index (Phi) is 10.5. The predicted molar refractivity (Wildman–Crippen MR) is 103 cm³/mol. The van der Waals surface area contributed by atoms with Crippen LogP contribution in [0.5, 0.6) is 0 Å². The number of hydrogen-bond acceptors (Lipinski definition) is 7. The molecule has 0 aliphatic heterocycles. The van der Waals surface area contributed by atoms with E-state index in [-0.39, 0.29) is 29.8 Å². The minimum atomic E-state index is -0.777. The average Bonchev–Trinajstić information content (AvgIpc) is 2.68. The van der Waals surface area contributed by atoms with E-state index in [1.807, 2.05) is 27.7 Å². The highest BCUT2D eigenvalue weighted by atomic mass is 16.7. The molecule has 29 heavy (non-hydrogen) atoms. The van der Waals surface area contributed by atoms with Gasteiger partial charge in [-0.1, -0.05) is 33.8 Å². The van der Waals surface area contributed by atoms with Gasteiger partial charge < -0.3 is 10.1 Å². The Labute approximate surface area is 169 Å². The van der Waals surface area contributed by atoms with E-state index >= 15 is 0 Å². The van der Waals surface area contributed by atoms with Crippen molar-refractivity contribution in [1.29, 1.82) is 0 Å². The second kappa shape index (κ2) is 12.6. The minimum absolute atomic E-state index is 0.0819. The summed E-state index contributed by atoms with van der Waals surface area (Å²) in [7, 11) is 0. The minimum Gasteiger partial charge on any atom is -0.354 e. The highest BCUT2D eigenvalue weighted by molar-refractivity contribution is 5.95. The van der Waals surface area contributed by atoms with Crippen molar-refractivity contribution in [3.05, 3.63) is 29.6 Å². The predicted octanol–water partition coefficient (Wildman–Crippen LogP) is 0.790. The molecule has 0 saturated heterocycles. The molecule has 0 fully saturated rings. The van der Waals surface area contributed by atoms with Gasteiger partial charge in [0, 0.05) is 6.54 Å². The molecule has 3 N–H and O–H groups in total. The van der Waals surface area contributed by atoms with Gasteiger partial charge >= 0.3 is 0 Å². The third-order valence-electron chi connectivity index (χ3n) is 3.45. The Morgan fingerprint density at radius 2 is 1.66 bits per heavy atom. The molecule has 10 heteroatoms. The van der Waals surface area contributed by atoms with Gasteiger partial charge in [-0.25, -0.2) is 15.9 Å². The van der Waals surface area contributed by atoms with E-state index in [4.69, 9.17) is 9.68 Å². The van der Waals surface area contributed by atoms with Gasteiger partial charge in [0.05, 0.1) is 0 Å². The molecule has 1 rings (SSSR count). The highest BCUT2D eigenvalue weighted by Crippen LogP contribution is 2.06. The van der Waals surface area contributed by atoms with Crippen LogP contribution in [0.15, 0.2) is 18.2 Å². The number of nitrogens with zero attached hydrogens (tertiary/aromatic N) is 1. The van der Waals surface area contributed by atoms with Gasteiger partial charge in [-0.3, -0.25) is 24.1 Å². The van der Waals surface area contributed by atoms with Crippen LogP contribution in [-0.2, 0) is 19.3 Å². The molecule has 1 aromatic rings. The van der Waals surface area contributed by atoms with E-state index in [0.717, 1.165) is 0 Å². The first kappa shape index (κ1) is 24.2. The quantitative estimate of drug-likeness (QED) is 0.344. The molecule has 1 aromatic heterocycles. The van der Waals surface area contributed by atoms with Gasteiger partial charge in [-0.05, 0) is 30.4 Å². The summed E-state index contributed by atoms with van der Waals surface area (Å²) in [5, 5.41) is 2.64. The molecule has 160 valence electrons. The number of rotatable bonds is 12. The van der Waals surface area contributed by atoms with Crippen LogP contribution in [-0.4, -0.2) is 48.2 Å². The van der Waals surface area contributed by atoms with Crippen LogP contribution in [0.25, 0.3) is 0 Å². The Morgan fingerprint density at radius 3 is 2.21 bits per heavy atom. The molecule has 1 atom stereocenters. The van der Waals surface area contributed by atoms with Crippen molar-refractivity contribution in [2.75, 3.05) is 13.2 Å². The molecule has 0 spiro atoms. The zero-order chi connectivity index (χ0) is 21.8. The van der Waals surface area contributed by atoms with Crippen LogP contribution in [0.1, 0.15) is 55.1 Å². The van der Waals surface area contributed by atoms with Crippen molar-refractivity contribution in [1.82, 2.24) is 21.3 Å². The van der Waals surface area contributed by atoms with Crippen molar-refractivity contribution in [2.24, 2.45) is 11.8 Å². The third-order valence-corrected chi connectivity index (χ3v) is 3.45. The monoisotopic (exact) mass is 408 g/mol. The molecule has 10 nitrogen and oxygen atoms in total. The topological polar surface area (TPSA) is 136 Å². The van der Waals surface area contributed by atoms with Gasteiger partial charge in [-0.15, -0.1) is 0 Å². The summed E-state index contributed by atoms with van der Waals surface area (Å²) in [5.74, 6) is -1.29. The summed E-state index contributed by atoms with van der Waals surface area (Å²) in [6.45, 7) is 7.88. The molecule has 0 bridgehead atoms. The molecule has 3 amide bonds. The van der Waals surface area contributed by atoms with Gasteiger partial charge in [0.2, 0.25) is 5.91 Å². The lowest BCUT2D eigenvalue weighted by Gasteiger charge is -2.14. The first-order valence-corrected chi connectivity index (χ1v) is 9.30. The first-order chi connectivity index (χ1) is 13.7. The Balaban J connectivity index is 2.53. The van der Waals surface area contributed by atoms with E-state index in [2.05, 4.69) is 21.3 Å². The fraction of sp³-hybridized carbons (Fsp3) is 0.526. The highest BCUT2D eigenvalue weighted by Gasteiger charge is 2.16. The van der Waals surface area contributed by atoms with E-state index in [1.54, 1.807) is 0 Å². The number of amides is 3. The molecule has 0 aliphatic rings. The third kappa shape index (κ3) is 9.77. The smallest absolute Gasteiger partial charge is 0.293 e. The number of nitrogens with one attached hydrogen (secondary N) is 3. The van der Waals surface area contributed by atoms with Crippen LogP contribution in [0.4, 0.5) is 0 Å². The van der Waals surface area contributed by atoms with Gasteiger partial charge in [-0.2, -0.15) is 0 Å². The van der Waals surface area contributed by atoms with E-state index in [0.29, 0.717) is 25.2 Å². The van der Waals surface area contributed by atoms with Gasteiger partial charge in [0.15, 0.2) is 12.9 Å². The molecule has 1 unspecified atom stereocenters. The number of hydroxylamine groups is 2. The Bertz CT molecular complexity index is 708. The van der Waals surface area contributed by atoms with Gasteiger partial charge in [0.25, 0.3) is 11.8 Å². The second-order valence-electron chi connectivity index (χ2n) is 7.18. The number of hydrogen-bond donors (Lipinski definition) is 3. The fourth-order valence-electron chi connectivity index (χ4n) is 2.05. The standard InChI is InChI=1S/C19H28N4O6/c1-12(2)8-14(10-24)29-23-19(27)16-7-5-6-15(21-16)18(26)22-28-11-17(25)20-9-13(3)4/h5-7,10,12-14H,8-9,11H2,1-4H3,(H,20,25)(H,22,26)(H,23,27). The summed E-state index contributed by atoms with van der Waals surface area (Å²) >= 11 is 0. The molecule has 0 aliphatic carbocycles. The van der Waals surface area contributed by atoms with Crippen molar-refractivity contribution >= 4 is 24.0 Å². The zero-order valence-electron chi connectivity index (χ0n) is 17.1. The molecular formula is C19H28N4O6. The normalized spacial score (nSPS) is 11.8. The van der Waals surface area contributed by atoms with Crippen LogP contribution in [0.3, 0.4) is 0 Å². The summed E-state index contributed by atoms with van der Waals surface area (Å²) in [4.78, 5) is 60.5. The Morgan fingerprint density at radius 1 is 1.03 bits per heavy atom. The molecule has 1 heterocycles. The lowest BCUT2D eigenvalue weighted by atomic mass is 10.1. The largest absolute Gasteiger partial charge is 0.354 e. The fourth-order valence-corrected chi connectivity index (χ4v) is 2.05. The number of aromatic nitrogens is 1. The second-order valence-corrected chi connectivity index (χ2v) is 7.18. The van der Waals surface area contributed by atoms with Crippen molar-refractivity contribution in [2.45, 2.75) is 40.2 Å². The summed E-state index contributed by atoms with van der Waals surface area (Å²) < 4.78 is 0. The summed E-state index contributed by atoms with van der Waals surface area (Å²) in [6, 6.07) is 4.22. The number of carbonyl (C=O) groups excluding carboxylic acids is 4. The Hall–Kier alpha value is -2.85. The first-order valence-electron chi connectivity index (χ1n) is 9.30. The maximum Gasteiger partial charge on any atom is 0.293 e. The average molecular weight is 408 g/mol. The zero-order valence-corrected chi connectivity index (χ0v) is 17.1. The van der Waals surface area contributed by atoms with Crippen LogP contribution < -0.4 is 16.3 Å². The lowest BCUT2D eigenvalue weighted by molar-refractivity contribution is -0.127. The van der Waals surface area contributed by atoms with Crippen molar-refractivity contribution in [3.8, 4) is 0 Å². The maximum absolute atomic E-state index is 12.1. The maximum atomic E-state index is 12.1. The molecular weight excluding hydrogens is 380 g/mol. The SMILES string of the molecule is CC(C)CNC(=O)CONC(=O)c1cccc(C(=O)NOC(C=O)CC(C)C)n1. The van der Waals surface area contributed by atoms with Crippen LogP contribution in [0.2, 0.25) is 0 Å². The summed E-state index contributed by atoms with van der Waals surface area (Å²) in [6.07, 6.45) is 0.272. The van der Waals surface area contributed by atoms with Crippen LogP contribution >= 0.6 is 0 Å². The van der Waals surface area contributed by atoms with Crippen molar-refractivity contribution in [3.63, 3.8) is 0 Å². The number of aldehydes is 1. The molecule has 0 saturated carbocycles.